The lowest BCUT2D eigenvalue weighted by Crippen LogP contribution is -2.58. The number of sulfonamides is 1. The molecule has 0 unspecified atom stereocenters. The van der Waals surface area contributed by atoms with Gasteiger partial charge in [0.25, 0.3) is 5.91 Å². The lowest BCUT2D eigenvalue weighted by Gasteiger charge is -2.30. The van der Waals surface area contributed by atoms with Crippen LogP contribution in [0.25, 0.3) is 10.8 Å². The summed E-state index contributed by atoms with van der Waals surface area (Å²) < 4.78 is 45.3. The molecule has 4 amide bonds. The Labute approximate surface area is 286 Å². The number of carbonyl (C=O) groups is 4. The quantitative estimate of drug-likeness (QED) is 0.405. The zero-order valence-corrected chi connectivity index (χ0v) is 28.9. The summed E-state index contributed by atoms with van der Waals surface area (Å²) in [6, 6.07) is 7.30. The van der Waals surface area contributed by atoms with Gasteiger partial charge in [0.15, 0.2) is 0 Å². The van der Waals surface area contributed by atoms with Gasteiger partial charge in [0.05, 0.1) is 11.8 Å². The largest absolute Gasteiger partial charge is 0.472 e. The maximum Gasteiger partial charge on any atom is 0.408 e. The van der Waals surface area contributed by atoms with E-state index in [4.69, 9.17) is 14.2 Å². The zero-order chi connectivity index (χ0) is 35.0. The minimum atomic E-state index is -3.87. The van der Waals surface area contributed by atoms with Crippen molar-refractivity contribution in [2.24, 2.45) is 5.92 Å². The van der Waals surface area contributed by atoms with Crippen LogP contribution in [0.3, 0.4) is 0 Å². The van der Waals surface area contributed by atoms with Crippen LogP contribution in [0, 0.1) is 5.92 Å². The molecule has 0 spiro atoms. The van der Waals surface area contributed by atoms with Gasteiger partial charge >= 0.3 is 6.09 Å². The van der Waals surface area contributed by atoms with Crippen molar-refractivity contribution in [3.05, 3.63) is 36.5 Å². The topological polar surface area (TPSA) is 182 Å². The highest BCUT2D eigenvalue weighted by molar-refractivity contribution is 7.91. The summed E-state index contributed by atoms with van der Waals surface area (Å²) in [4.78, 5) is 60.8. The third-order valence-corrected chi connectivity index (χ3v) is 11.2. The number of nitrogens with one attached hydrogen (secondary N) is 3. The summed E-state index contributed by atoms with van der Waals surface area (Å²) in [5, 5.41) is 6.63. The van der Waals surface area contributed by atoms with Gasteiger partial charge < -0.3 is 29.7 Å². The maximum absolute atomic E-state index is 14.3. The van der Waals surface area contributed by atoms with Crippen molar-refractivity contribution in [3.63, 3.8) is 0 Å². The number of hydrogen-bond donors (Lipinski definition) is 3. The number of carbonyl (C=O) groups excluding carboxylic acids is 4. The van der Waals surface area contributed by atoms with Gasteiger partial charge in [-0.05, 0) is 89.2 Å². The first-order valence-electron chi connectivity index (χ1n) is 17.0. The Balaban J connectivity index is 1.29. The van der Waals surface area contributed by atoms with E-state index in [1.165, 1.54) is 4.90 Å². The van der Waals surface area contributed by atoms with E-state index in [2.05, 4.69) is 20.3 Å². The second-order valence-electron chi connectivity index (χ2n) is 14.5. The van der Waals surface area contributed by atoms with Crippen molar-refractivity contribution >= 4 is 44.6 Å². The predicted molar refractivity (Wildman–Crippen MR) is 178 cm³/mol. The molecule has 5 atom stereocenters. The van der Waals surface area contributed by atoms with Crippen molar-refractivity contribution in [1.29, 1.82) is 0 Å². The summed E-state index contributed by atoms with van der Waals surface area (Å²) in [7, 11) is -3.87. The molecule has 4 aliphatic rings. The summed E-state index contributed by atoms with van der Waals surface area (Å²) >= 11 is 0. The summed E-state index contributed by atoms with van der Waals surface area (Å²) in [6.07, 6.45) is 3.29. The molecule has 2 saturated heterocycles. The first-order valence-corrected chi connectivity index (χ1v) is 18.6. The smallest absolute Gasteiger partial charge is 0.408 e. The highest BCUT2D eigenvalue weighted by atomic mass is 32.2. The molecular formula is C34H45N5O9S. The molecule has 1 aromatic carbocycles. The minimum absolute atomic E-state index is 0.00348. The van der Waals surface area contributed by atoms with E-state index in [0.717, 1.165) is 10.8 Å². The first-order chi connectivity index (χ1) is 23.3. The molecule has 2 aromatic rings. The number of fused-ring (bicyclic) bond motifs is 3. The molecule has 2 saturated carbocycles. The van der Waals surface area contributed by atoms with E-state index < -0.39 is 68.4 Å². The lowest BCUT2D eigenvalue weighted by atomic mass is 10.1. The van der Waals surface area contributed by atoms with Crippen molar-refractivity contribution in [1.82, 2.24) is 25.2 Å². The third kappa shape index (κ3) is 8.09. The van der Waals surface area contributed by atoms with E-state index in [0.29, 0.717) is 51.2 Å². The average Bonchev–Trinajstić information content (AvgIpc) is 3.96. The van der Waals surface area contributed by atoms with Crippen LogP contribution in [0.5, 0.6) is 5.88 Å². The van der Waals surface area contributed by atoms with Crippen molar-refractivity contribution < 1.29 is 41.8 Å². The molecule has 1 aromatic heterocycles. The zero-order valence-electron chi connectivity index (χ0n) is 28.1. The standard InChI is InChI=1S/C34H45N5O9S/c1-33(2,3)48-32(43)36-26-11-7-17-46-16-6-9-22-19-34(22,31(42)38-49(44,45)24-12-13-24)37-28(40)27-18-23(20-39(27)30(26)41)47-29-25-10-5-4-8-21(25)14-15-35-29/h4-5,8,10,14-15,22-24,26-27H,6-7,9,11-13,16-20H2,1-3H3,(H,36,43)(H,37,40)(H,38,42)/t22-,23-,26+,27+,34-/m1/s1. The lowest BCUT2D eigenvalue weighted by molar-refractivity contribution is -0.141. The van der Waals surface area contributed by atoms with Crippen LogP contribution in [0.4, 0.5) is 4.79 Å². The molecule has 0 radical (unpaired) electrons. The Hall–Kier alpha value is -3.98. The molecular weight excluding hydrogens is 654 g/mol. The first kappa shape index (κ1) is 34.9. The molecule has 266 valence electrons. The SMILES string of the molecule is CC(C)(C)OC(=O)N[C@H]1CCCOCCC[C@@H]2C[C@@]2(C(=O)NS(=O)(=O)C2CC2)NC(=O)[C@@H]2C[C@@H](Oc3nccc4ccccc34)CN2C1=O. The number of pyridine rings is 1. The number of nitrogens with zero attached hydrogens (tertiary/aromatic N) is 2. The fraction of sp³-hybridized carbons (Fsp3) is 0.618. The van der Waals surface area contributed by atoms with Crippen LogP contribution in [0.2, 0.25) is 0 Å². The Morgan fingerprint density at radius 1 is 1.06 bits per heavy atom. The molecule has 2 aliphatic heterocycles. The van der Waals surface area contributed by atoms with Gasteiger partial charge in [-0.15, -0.1) is 0 Å². The fourth-order valence-corrected chi connectivity index (χ4v) is 8.06. The number of amides is 4. The summed E-state index contributed by atoms with van der Waals surface area (Å²) in [5.74, 6) is -1.84. The van der Waals surface area contributed by atoms with Gasteiger partial charge in [0.1, 0.15) is 29.3 Å². The second-order valence-corrected chi connectivity index (χ2v) is 16.4. The molecule has 14 nitrogen and oxygen atoms in total. The molecule has 2 aliphatic carbocycles. The molecule has 3 N–H and O–H groups in total. The monoisotopic (exact) mass is 699 g/mol. The molecule has 15 heteroatoms. The predicted octanol–water partition coefficient (Wildman–Crippen LogP) is 2.55. The maximum atomic E-state index is 14.3. The van der Waals surface area contributed by atoms with Gasteiger partial charge in [0, 0.05) is 31.2 Å². The second kappa shape index (κ2) is 13.7. The molecule has 3 heterocycles. The highest BCUT2D eigenvalue weighted by Crippen LogP contribution is 2.48. The van der Waals surface area contributed by atoms with Gasteiger partial charge in [-0.25, -0.2) is 18.2 Å². The minimum Gasteiger partial charge on any atom is -0.472 e. The Kier molecular flexibility index (Phi) is 9.77. The number of rotatable bonds is 6. The summed E-state index contributed by atoms with van der Waals surface area (Å²) in [5.41, 5.74) is -2.25. The van der Waals surface area contributed by atoms with Crippen molar-refractivity contribution in [3.8, 4) is 5.88 Å². The number of ether oxygens (including phenoxy) is 3. The van der Waals surface area contributed by atoms with E-state index in [9.17, 15) is 27.6 Å². The average molecular weight is 700 g/mol. The van der Waals surface area contributed by atoms with Crippen LogP contribution in [-0.4, -0.2) is 96.5 Å². The highest BCUT2D eigenvalue weighted by Gasteiger charge is 2.62. The number of aromatic nitrogens is 1. The molecule has 49 heavy (non-hydrogen) atoms. The molecule has 0 bridgehead atoms. The van der Waals surface area contributed by atoms with Gasteiger partial charge in [-0.3, -0.25) is 19.1 Å². The van der Waals surface area contributed by atoms with E-state index >= 15 is 0 Å². The van der Waals surface area contributed by atoms with Crippen LogP contribution in [-0.2, 0) is 33.9 Å². The van der Waals surface area contributed by atoms with Gasteiger partial charge in [-0.1, -0.05) is 18.2 Å². The van der Waals surface area contributed by atoms with E-state index in [1.807, 2.05) is 30.3 Å². The fourth-order valence-electron chi connectivity index (χ4n) is 6.70. The number of benzene rings is 1. The van der Waals surface area contributed by atoms with Crippen LogP contribution < -0.4 is 20.1 Å². The van der Waals surface area contributed by atoms with E-state index in [-0.39, 0.29) is 31.7 Å². The molecule has 6 rings (SSSR count). The molecule has 4 fully saturated rings. The van der Waals surface area contributed by atoms with Crippen LogP contribution in [0.15, 0.2) is 36.5 Å². The summed E-state index contributed by atoms with van der Waals surface area (Å²) in [6.45, 7) is 5.87. The Morgan fingerprint density at radius 3 is 2.53 bits per heavy atom. The number of hydrogen-bond acceptors (Lipinski definition) is 10. The third-order valence-electron chi connectivity index (χ3n) is 9.43. The van der Waals surface area contributed by atoms with Gasteiger partial charge in [-0.2, -0.15) is 0 Å². The van der Waals surface area contributed by atoms with Crippen molar-refractivity contribution in [2.75, 3.05) is 19.8 Å². The number of alkyl carbamates (subject to hydrolysis) is 1. The van der Waals surface area contributed by atoms with Gasteiger partial charge in [0.2, 0.25) is 27.7 Å². The Bertz CT molecular complexity index is 1700. The van der Waals surface area contributed by atoms with E-state index in [1.54, 1.807) is 27.0 Å². The normalized spacial score (nSPS) is 28.3. The van der Waals surface area contributed by atoms with Crippen LogP contribution in [0.1, 0.15) is 72.1 Å². The van der Waals surface area contributed by atoms with Crippen LogP contribution >= 0.6 is 0 Å². The Morgan fingerprint density at radius 2 is 1.80 bits per heavy atom. The van der Waals surface area contributed by atoms with Crippen molar-refractivity contribution in [2.45, 2.75) is 107 Å².